The first kappa shape index (κ1) is 10.8. The number of fused-ring (bicyclic) bond motifs is 2. The molecule has 0 unspecified atom stereocenters. The maximum Gasteiger partial charge on any atom is 0.259 e. The highest BCUT2D eigenvalue weighted by atomic mass is 16.6. The van der Waals surface area contributed by atoms with Crippen molar-refractivity contribution in [3.63, 3.8) is 0 Å². The lowest BCUT2D eigenvalue weighted by Gasteiger charge is -2.18. The van der Waals surface area contributed by atoms with Gasteiger partial charge in [0.15, 0.2) is 17.3 Å². The van der Waals surface area contributed by atoms with Crippen molar-refractivity contribution in [3.05, 3.63) is 34.1 Å². The molecule has 0 fully saturated rings. The Bertz CT molecular complexity index is 702. The minimum absolute atomic E-state index is 0.152. The van der Waals surface area contributed by atoms with E-state index in [1.807, 2.05) is 0 Å². The minimum atomic E-state index is -0.383. The maximum atomic E-state index is 11.7. The monoisotopic (exact) mass is 245 g/mol. The Kier molecular flexibility index (Phi) is 2.33. The van der Waals surface area contributed by atoms with Gasteiger partial charge in [-0.25, -0.2) is 0 Å². The van der Waals surface area contributed by atoms with Crippen LogP contribution in [0.25, 0.3) is 10.9 Å². The van der Waals surface area contributed by atoms with Crippen LogP contribution in [0.15, 0.2) is 23.0 Å². The van der Waals surface area contributed by atoms with E-state index in [9.17, 15) is 9.59 Å². The molecule has 5 heteroatoms. The van der Waals surface area contributed by atoms with E-state index in [-0.39, 0.29) is 16.9 Å². The molecule has 0 saturated carbocycles. The van der Waals surface area contributed by atoms with Crippen LogP contribution < -0.4 is 15.0 Å². The van der Waals surface area contributed by atoms with E-state index in [1.54, 1.807) is 18.2 Å². The molecule has 0 aliphatic carbocycles. The highest BCUT2D eigenvalue weighted by molar-refractivity contribution is 5.97. The van der Waals surface area contributed by atoms with Gasteiger partial charge in [-0.05, 0) is 19.1 Å². The van der Waals surface area contributed by atoms with Gasteiger partial charge in [-0.15, -0.1) is 0 Å². The first-order chi connectivity index (χ1) is 8.65. The Morgan fingerprint density at radius 1 is 1.17 bits per heavy atom. The van der Waals surface area contributed by atoms with Crippen molar-refractivity contribution in [2.45, 2.75) is 6.92 Å². The smallest absolute Gasteiger partial charge is 0.259 e. The SMILES string of the molecule is CC(=O)c1cc2cc3c(cc2[nH]c1=O)OCCO3. The van der Waals surface area contributed by atoms with Crippen LogP contribution in [0.3, 0.4) is 0 Å². The molecule has 0 atom stereocenters. The molecule has 1 aromatic carbocycles. The van der Waals surface area contributed by atoms with Crippen LogP contribution in [-0.2, 0) is 0 Å². The molecule has 18 heavy (non-hydrogen) atoms. The number of rotatable bonds is 1. The fraction of sp³-hybridized carbons (Fsp3) is 0.231. The first-order valence-corrected chi connectivity index (χ1v) is 5.63. The summed E-state index contributed by atoms with van der Waals surface area (Å²) < 4.78 is 10.9. The van der Waals surface area contributed by atoms with Gasteiger partial charge in [-0.2, -0.15) is 0 Å². The third kappa shape index (κ3) is 1.64. The molecule has 0 radical (unpaired) electrons. The molecule has 2 heterocycles. The van der Waals surface area contributed by atoms with Gasteiger partial charge in [0.1, 0.15) is 13.2 Å². The van der Waals surface area contributed by atoms with Crippen LogP contribution in [0.1, 0.15) is 17.3 Å². The number of ether oxygens (including phenoxy) is 2. The summed E-state index contributed by atoms with van der Waals surface area (Å²) in [6.45, 7) is 2.37. The Hall–Kier alpha value is -2.30. The molecule has 1 aliphatic rings. The van der Waals surface area contributed by atoms with E-state index in [1.165, 1.54) is 6.92 Å². The number of nitrogens with one attached hydrogen (secondary N) is 1. The van der Waals surface area contributed by atoms with Gasteiger partial charge in [-0.3, -0.25) is 9.59 Å². The van der Waals surface area contributed by atoms with Crippen LogP contribution in [0, 0.1) is 0 Å². The first-order valence-electron chi connectivity index (χ1n) is 5.63. The number of H-pyrrole nitrogens is 1. The van der Waals surface area contributed by atoms with Crippen molar-refractivity contribution in [3.8, 4) is 11.5 Å². The summed E-state index contributed by atoms with van der Waals surface area (Å²) in [5.74, 6) is 0.989. The topological polar surface area (TPSA) is 68.4 Å². The molecule has 0 saturated heterocycles. The molecule has 5 nitrogen and oxygen atoms in total. The Morgan fingerprint density at radius 3 is 2.50 bits per heavy atom. The van der Waals surface area contributed by atoms with Crippen molar-refractivity contribution in [2.24, 2.45) is 0 Å². The van der Waals surface area contributed by atoms with E-state index in [0.717, 1.165) is 5.39 Å². The van der Waals surface area contributed by atoms with Gasteiger partial charge in [-0.1, -0.05) is 0 Å². The van der Waals surface area contributed by atoms with Crippen LogP contribution in [-0.4, -0.2) is 24.0 Å². The number of Topliss-reactive ketones (excluding diaryl/α,β-unsaturated/α-hetero) is 1. The number of hydrogen-bond acceptors (Lipinski definition) is 4. The number of benzene rings is 1. The molecule has 0 spiro atoms. The summed E-state index contributed by atoms with van der Waals surface area (Å²) in [4.78, 5) is 25.7. The number of carbonyl (C=O) groups excluding carboxylic acids is 1. The molecular formula is C13H11NO4. The molecule has 92 valence electrons. The summed E-state index contributed by atoms with van der Waals surface area (Å²) >= 11 is 0. The third-order valence-corrected chi connectivity index (χ3v) is 2.89. The number of hydrogen-bond donors (Lipinski definition) is 1. The Balaban J connectivity index is 2.28. The molecular weight excluding hydrogens is 234 g/mol. The predicted octanol–water partition coefficient (Wildman–Crippen LogP) is 1.50. The van der Waals surface area contributed by atoms with E-state index in [2.05, 4.69) is 4.98 Å². The summed E-state index contributed by atoms with van der Waals surface area (Å²) in [5, 5.41) is 0.754. The van der Waals surface area contributed by atoms with Gasteiger partial charge in [0, 0.05) is 11.5 Å². The van der Waals surface area contributed by atoms with E-state index in [4.69, 9.17) is 9.47 Å². The molecule has 1 N–H and O–H groups in total. The zero-order valence-corrected chi connectivity index (χ0v) is 9.78. The maximum absolute atomic E-state index is 11.7. The lowest BCUT2D eigenvalue weighted by atomic mass is 10.1. The number of carbonyl (C=O) groups is 1. The minimum Gasteiger partial charge on any atom is -0.486 e. The highest BCUT2D eigenvalue weighted by Gasteiger charge is 2.14. The van der Waals surface area contributed by atoms with Gasteiger partial charge >= 0.3 is 0 Å². The largest absolute Gasteiger partial charge is 0.486 e. The van der Waals surface area contributed by atoms with Crippen molar-refractivity contribution < 1.29 is 14.3 Å². The van der Waals surface area contributed by atoms with Gasteiger partial charge in [0.2, 0.25) is 0 Å². The zero-order chi connectivity index (χ0) is 12.7. The van der Waals surface area contributed by atoms with Crippen molar-refractivity contribution in [1.29, 1.82) is 0 Å². The van der Waals surface area contributed by atoms with Gasteiger partial charge in [0.25, 0.3) is 5.56 Å². The van der Waals surface area contributed by atoms with E-state index < -0.39 is 0 Å². The summed E-state index contributed by atoms with van der Waals surface area (Å²) in [7, 11) is 0. The molecule has 0 amide bonds. The summed E-state index contributed by atoms with van der Waals surface area (Å²) in [6, 6.07) is 5.07. The predicted molar refractivity (Wildman–Crippen MR) is 65.6 cm³/mol. The fourth-order valence-corrected chi connectivity index (χ4v) is 2.00. The number of pyridine rings is 1. The fourth-order valence-electron chi connectivity index (χ4n) is 2.00. The molecule has 1 aromatic heterocycles. The average Bonchev–Trinajstić information content (AvgIpc) is 2.35. The lowest BCUT2D eigenvalue weighted by Crippen LogP contribution is -2.17. The average molecular weight is 245 g/mol. The second-order valence-corrected chi connectivity index (χ2v) is 4.15. The van der Waals surface area contributed by atoms with E-state index >= 15 is 0 Å². The zero-order valence-electron chi connectivity index (χ0n) is 9.78. The van der Waals surface area contributed by atoms with Crippen LogP contribution >= 0.6 is 0 Å². The second-order valence-electron chi connectivity index (χ2n) is 4.15. The lowest BCUT2D eigenvalue weighted by molar-refractivity contribution is 0.101. The molecule has 3 rings (SSSR count). The third-order valence-electron chi connectivity index (χ3n) is 2.89. The van der Waals surface area contributed by atoms with Crippen LogP contribution in [0.5, 0.6) is 11.5 Å². The quantitative estimate of drug-likeness (QED) is 0.773. The standard InChI is InChI=1S/C13H11NO4/c1-7(15)9-4-8-5-11-12(18-3-2-17-11)6-10(8)14-13(9)16/h4-6H,2-3H2,1H3,(H,14,16). The van der Waals surface area contributed by atoms with Gasteiger partial charge in [0.05, 0.1) is 11.1 Å². The molecule has 1 aliphatic heterocycles. The highest BCUT2D eigenvalue weighted by Crippen LogP contribution is 2.33. The van der Waals surface area contributed by atoms with Crippen molar-refractivity contribution in [1.82, 2.24) is 4.98 Å². The van der Waals surface area contributed by atoms with Crippen molar-refractivity contribution >= 4 is 16.7 Å². The Labute approximate surface area is 102 Å². The molecule has 2 aromatic rings. The van der Waals surface area contributed by atoms with Crippen LogP contribution in [0.2, 0.25) is 0 Å². The second kappa shape index (κ2) is 3.87. The number of aromatic nitrogens is 1. The normalized spacial score (nSPS) is 13.6. The number of ketones is 1. The van der Waals surface area contributed by atoms with Crippen molar-refractivity contribution in [2.75, 3.05) is 13.2 Å². The summed E-state index contributed by atoms with van der Waals surface area (Å²) in [6.07, 6.45) is 0. The van der Waals surface area contributed by atoms with Gasteiger partial charge < -0.3 is 14.5 Å². The molecule has 0 bridgehead atoms. The number of aromatic amines is 1. The Morgan fingerprint density at radius 2 is 1.83 bits per heavy atom. The summed E-state index contributed by atoms with van der Waals surface area (Å²) in [5.41, 5.74) is 0.403. The van der Waals surface area contributed by atoms with E-state index in [0.29, 0.717) is 30.2 Å². The van der Waals surface area contributed by atoms with Crippen LogP contribution in [0.4, 0.5) is 0 Å².